The Bertz CT molecular complexity index is 883. The number of hydrogen-bond donors (Lipinski definition) is 0. The van der Waals surface area contributed by atoms with Gasteiger partial charge in [-0.25, -0.2) is 0 Å². The fraction of sp³-hybridized carbons (Fsp3) is 0.182. The van der Waals surface area contributed by atoms with E-state index >= 15 is 0 Å². The molecule has 138 valence electrons. The minimum atomic E-state index is -0.110. The summed E-state index contributed by atoms with van der Waals surface area (Å²) >= 11 is 0. The van der Waals surface area contributed by atoms with Crippen molar-refractivity contribution in [2.45, 2.75) is 13.5 Å². The van der Waals surface area contributed by atoms with E-state index < -0.39 is 0 Å². The van der Waals surface area contributed by atoms with Gasteiger partial charge in [-0.1, -0.05) is 24.3 Å². The normalized spacial score (nSPS) is 10.3. The molecule has 0 atom stereocenters. The lowest BCUT2D eigenvalue weighted by Gasteiger charge is -2.19. The molecule has 3 aromatic rings. The van der Waals surface area contributed by atoms with E-state index in [2.05, 4.69) is 4.98 Å². The molecule has 0 aliphatic heterocycles. The molecule has 0 aliphatic carbocycles. The van der Waals surface area contributed by atoms with E-state index in [1.807, 2.05) is 49.4 Å². The van der Waals surface area contributed by atoms with Gasteiger partial charge in [0.2, 0.25) is 0 Å². The molecule has 0 bridgehead atoms. The van der Waals surface area contributed by atoms with Crippen molar-refractivity contribution < 1.29 is 14.3 Å². The number of benzene rings is 2. The molecule has 0 saturated carbocycles. The third-order valence-electron chi connectivity index (χ3n) is 4.06. The molecule has 1 aromatic heterocycles. The molecule has 27 heavy (non-hydrogen) atoms. The van der Waals surface area contributed by atoms with Crippen LogP contribution in [0.4, 0.5) is 5.69 Å². The number of ether oxygens (including phenoxy) is 2. The van der Waals surface area contributed by atoms with Gasteiger partial charge in [0, 0.05) is 36.3 Å². The number of nitrogens with zero attached hydrogens (tertiary/aromatic N) is 2. The van der Waals surface area contributed by atoms with Crippen molar-refractivity contribution in [1.29, 1.82) is 0 Å². The monoisotopic (exact) mass is 362 g/mol. The fourth-order valence-corrected chi connectivity index (χ4v) is 2.64. The molecule has 0 saturated heterocycles. The Hall–Kier alpha value is -3.34. The number of pyridine rings is 1. The summed E-state index contributed by atoms with van der Waals surface area (Å²) in [4.78, 5) is 18.5. The number of rotatable bonds is 7. The SMILES string of the molecule is CCOc1cc(C(=O)N(C)c2ccccc2)ccc1OCc1cccnc1. The quantitative estimate of drug-likeness (QED) is 0.627. The van der Waals surface area contributed by atoms with Crippen LogP contribution in [0.25, 0.3) is 0 Å². The van der Waals surface area contributed by atoms with Crippen molar-refractivity contribution in [3.63, 3.8) is 0 Å². The summed E-state index contributed by atoms with van der Waals surface area (Å²) < 4.78 is 11.6. The molecule has 0 N–H and O–H groups in total. The minimum Gasteiger partial charge on any atom is -0.490 e. The average Bonchev–Trinajstić information content (AvgIpc) is 2.73. The first-order valence-corrected chi connectivity index (χ1v) is 8.80. The van der Waals surface area contributed by atoms with E-state index in [9.17, 15) is 4.79 Å². The lowest BCUT2D eigenvalue weighted by atomic mass is 10.1. The molecule has 5 nitrogen and oxygen atoms in total. The van der Waals surface area contributed by atoms with Crippen molar-refractivity contribution in [3.8, 4) is 11.5 Å². The van der Waals surface area contributed by atoms with Gasteiger partial charge in [-0.2, -0.15) is 0 Å². The number of carbonyl (C=O) groups is 1. The molecule has 3 rings (SSSR count). The van der Waals surface area contributed by atoms with Gasteiger partial charge in [0.05, 0.1) is 6.61 Å². The smallest absolute Gasteiger partial charge is 0.258 e. The number of carbonyl (C=O) groups excluding carboxylic acids is 1. The zero-order valence-corrected chi connectivity index (χ0v) is 15.5. The van der Waals surface area contributed by atoms with Crippen LogP contribution in [-0.2, 0) is 6.61 Å². The van der Waals surface area contributed by atoms with Crippen LogP contribution in [0.2, 0.25) is 0 Å². The summed E-state index contributed by atoms with van der Waals surface area (Å²) in [5.41, 5.74) is 2.33. The minimum absolute atomic E-state index is 0.110. The third-order valence-corrected chi connectivity index (χ3v) is 4.06. The Morgan fingerprint density at radius 3 is 2.52 bits per heavy atom. The topological polar surface area (TPSA) is 51.7 Å². The maximum absolute atomic E-state index is 12.8. The van der Waals surface area contributed by atoms with E-state index in [4.69, 9.17) is 9.47 Å². The molecule has 0 aliphatic rings. The van der Waals surface area contributed by atoms with Crippen molar-refractivity contribution in [1.82, 2.24) is 4.98 Å². The summed E-state index contributed by atoms with van der Waals surface area (Å²) in [5, 5.41) is 0. The van der Waals surface area contributed by atoms with Gasteiger partial charge in [0.1, 0.15) is 6.61 Å². The van der Waals surface area contributed by atoms with E-state index in [1.165, 1.54) is 0 Å². The number of amides is 1. The summed E-state index contributed by atoms with van der Waals surface area (Å²) in [6.07, 6.45) is 3.48. The Morgan fingerprint density at radius 2 is 1.81 bits per heavy atom. The van der Waals surface area contributed by atoms with Gasteiger partial charge in [-0.3, -0.25) is 9.78 Å². The zero-order chi connectivity index (χ0) is 19.1. The molecule has 0 unspecified atom stereocenters. The fourth-order valence-electron chi connectivity index (χ4n) is 2.64. The highest BCUT2D eigenvalue weighted by Crippen LogP contribution is 2.30. The molecule has 1 heterocycles. The van der Waals surface area contributed by atoms with Crippen LogP contribution in [0.5, 0.6) is 11.5 Å². The maximum atomic E-state index is 12.8. The first-order valence-electron chi connectivity index (χ1n) is 8.80. The average molecular weight is 362 g/mol. The molecular weight excluding hydrogens is 340 g/mol. The Balaban J connectivity index is 1.79. The van der Waals surface area contributed by atoms with Gasteiger partial charge < -0.3 is 14.4 Å². The number of anilines is 1. The van der Waals surface area contributed by atoms with Gasteiger partial charge in [-0.15, -0.1) is 0 Å². The van der Waals surface area contributed by atoms with Crippen LogP contribution in [-0.4, -0.2) is 24.5 Å². The molecule has 5 heteroatoms. The Kier molecular flexibility index (Phi) is 6.05. The second-order valence-corrected chi connectivity index (χ2v) is 5.94. The highest BCUT2D eigenvalue weighted by Gasteiger charge is 2.16. The van der Waals surface area contributed by atoms with Crippen LogP contribution in [0.3, 0.4) is 0 Å². The molecule has 2 aromatic carbocycles. The van der Waals surface area contributed by atoms with Crippen LogP contribution in [0, 0.1) is 0 Å². The highest BCUT2D eigenvalue weighted by atomic mass is 16.5. The van der Waals surface area contributed by atoms with Crippen LogP contribution < -0.4 is 14.4 Å². The molecule has 0 radical (unpaired) electrons. The molecule has 0 spiro atoms. The van der Waals surface area contributed by atoms with E-state index in [1.54, 1.807) is 42.5 Å². The van der Waals surface area contributed by atoms with Crippen molar-refractivity contribution in [3.05, 3.63) is 84.2 Å². The Morgan fingerprint density at radius 1 is 1.00 bits per heavy atom. The standard InChI is InChI=1S/C22H22N2O3/c1-3-26-21-14-18(22(25)24(2)19-9-5-4-6-10-19)11-12-20(21)27-16-17-8-7-13-23-15-17/h4-15H,3,16H2,1-2H3. The van der Waals surface area contributed by atoms with Crippen LogP contribution in [0.1, 0.15) is 22.8 Å². The molecular formula is C22H22N2O3. The summed E-state index contributed by atoms with van der Waals surface area (Å²) in [6.45, 7) is 2.76. The predicted molar refractivity (Wildman–Crippen MR) is 105 cm³/mol. The molecule has 0 fully saturated rings. The van der Waals surface area contributed by atoms with E-state index in [-0.39, 0.29) is 5.91 Å². The van der Waals surface area contributed by atoms with Crippen molar-refractivity contribution in [2.24, 2.45) is 0 Å². The van der Waals surface area contributed by atoms with Crippen LogP contribution in [0.15, 0.2) is 73.1 Å². The van der Waals surface area contributed by atoms with Crippen molar-refractivity contribution in [2.75, 3.05) is 18.6 Å². The highest BCUT2D eigenvalue weighted by molar-refractivity contribution is 6.06. The maximum Gasteiger partial charge on any atom is 0.258 e. The number of para-hydroxylation sites is 1. The predicted octanol–water partition coefficient (Wildman–Crippen LogP) is 4.34. The van der Waals surface area contributed by atoms with Crippen LogP contribution >= 0.6 is 0 Å². The third kappa shape index (κ3) is 4.64. The van der Waals surface area contributed by atoms with E-state index in [0.717, 1.165) is 11.3 Å². The Labute approximate surface area is 159 Å². The van der Waals surface area contributed by atoms with Gasteiger partial charge in [0.25, 0.3) is 5.91 Å². The second kappa shape index (κ2) is 8.85. The first-order chi connectivity index (χ1) is 13.2. The lowest BCUT2D eigenvalue weighted by Crippen LogP contribution is -2.26. The van der Waals surface area contributed by atoms with Gasteiger partial charge in [0.15, 0.2) is 11.5 Å². The second-order valence-electron chi connectivity index (χ2n) is 5.94. The van der Waals surface area contributed by atoms with E-state index in [0.29, 0.717) is 30.3 Å². The lowest BCUT2D eigenvalue weighted by molar-refractivity contribution is 0.0992. The van der Waals surface area contributed by atoms with Gasteiger partial charge in [-0.05, 0) is 43.3 Å². The number of hydrogen-bond acceptors (Lipinski definition) is 4. The summed E-state index contributed by atoms with van der Waals surface area (Å²) in [7, 11) is 1.75. The first kappa shape index (κ1) is 18.5. The zero-order valence-electron chi connectivity index (χ0n) is 15.5. The molecule has 1 amide bonds. The largest absolute Gasteiger partial charge is 0.490 e. The number of aromatic nitrogens is 1. The van der Waals surface area contributed by atoms with Gasteiger partial charge >= 0.3 is 0 Å². The summed E-state index contributed by atoms with van der Waals surface area (Å²) in [6, 6.07) is 18.6. The summed E-state index contributed by atoms with van der Waals surface area (Å²) in [5.74, 6) is 1.04. The van der Waals surface area contributed by atoms with Crippen molar-refractivity contribution >= 4 is 11.6 Å².